The summed E-state index contributed by atoms with van der Waals surface area (Å²) in [4.78, 5) is 27.4. The second-order valence-corrected chi connectivity index (χ2v) is 8.50. The molecule has 4 rings (SSSR count). The Hall–Kier alpha value is -2.76. The van der Waals surface area contributed by atoms with Crippen molar-refractivity contribution in [1.82, 2.24) is 10.2 Å². The Labute approximate surface area is 175 Å². The number of nitrogens with one attached hydrogen (secondary N) is 1. The predicted octanol–water partition coefficient (Wildman–Crippen LogP) is 3.93. The van der Waals surface area contributed by atoms with Crippen LogP contribution in [0.1, 0.15) is 41.9 Å². The molecule has 4 nitrogen and oxygen atoms in total. The van der Waals surface area contributed by atoms with Crippen molar-refractivity contribution in [2.45, 2.75) is 38.6 Å². The smallest absolute Gasteiger partial charge is 0.225 e. The molecule has 2 aromatic rings. The zero-order valence-electron chi connectivity index (χ0n) is 17.0. The summed E-state index contributed by atoms with van der Waals surface area (Å²) < 4.78 is 27.1. The number of piperidine rings is 1. The standard InChI is InChI=1S/C24H26F2N2O2/c1-15-9-18(7-8-22(15)26)19-11-20(14-28(13-19)24(30)17-5-6-17)23(29)27-12-16-3-2-4-21(25)10-16/h2-4,7-10,17,19-20H,5-6,11-14H2,1H3,(H,27,29)/t19-,20+/m0/s1. The lowest BCUT2D eigenvalue weighted by Gasteiger charge is -2.37. The Bertz CT molecular complexity index is 958. The Morgan fingerprint density at radius 1 is 1.07 bits per heavy atom. The molecular weight excluding hydrogens is 386 g/mol. The van der Waals surface area contributed by atoms with E-state index in [2.05, 4.69) is 5.32 Å². The van der Waals surface area contributed by atoms with Gasteiger partial charge in [0.2, 0.25) is 11.8 Å². The number of carbonyl (C=O) groups excluding carboxylic acids is 2. The number of halogens is 2. The Morgan fingerprint density at radius 2 is 1.87 bits per heavy atom. The molecule has 1 N–H and O–H groups in total. The third-order valence-electron chi connectivity index (χ3n) is 6.07. The van der Waals surface area contributed by atoms with Crippen LogP contribution >= 0.6 is 0 Å². The van der Waals surface area contributed by atoms with E-state index in [9.17, 15) is 18.4 Å². The number of likely N-dealkylation sites (tertiary alicyclic amines) is 1. The quantitative estimate of drug-likeness (QED) is 0.809. The molecule has 0 unspecified atom stereocenters. The molecule has 0 aromatic heterocycles. The number of aryl methyl sites for hydroxylation is 1. The second-order valence-electron chi connectivity index (χ2n) is 8.50. The molecule has 2 aliphatic rings. The predicted molar refractivity (Wildman–Crippen MR) is 110 cm³/mol. The summed E-state index contributed by atoms with van der Waals surface area (Å²) in [5.41, 5.74) is 2.20. The monoisotopic (exact) mass is 412 g/mol. The number of rotatable bonds is 5. The van der Waals surface area contributed by atoms with Gasteiger partial charge in [-0.1, -0.05) is 24.3 Å². The second kappa shape index (κ2) is 8.54. The summed E-state index contributed by atoms with van der Waals surface area (Å²) in [5.74, 6) is -0.930. The molecule has 158 valence electrons. The van der Waals surface area contributed by atoms with E-state index in [1.807, 2.05) is 6.07 Å². The molecule has 2 atom stereocenters. The van der Waals surface area contributed by atoms with Crippen LogP contribution in [0.4, 0.5) is 8.78 Å². The van der Waals surface area contributed by atoms with Crippen LogP contribution < -0.4 is 5.32 Å². The maximum absolute atomic E-state index is 13.7. The lowest BCUT2D eigenvalue weighted by Crippen LogP contribution is -2.48. The number of hydrogen-bond acceptors (Lipinski definition) is 2. The molecule has 2 fully saturated rings. The van der Waals surface area contributed by atoms with E-state index in [0.717, 1.165) is 18.4 Å². The van der Waals surface area contributed by atoms with Crippen molar-refractivity contribution >= 4 is 11.8 Å². The van der Waals surface area contributed by atoms with Gasteiger partial charge in [0.05, 0.1) is 5.92 Å². The van der Waals surface area contributed by atoms with Gasteiger partial charge >= 0.3 is 0 Å². The third-order valence-corrected chi connectivity index (χ3v) is 6.07. The van der Waals surface area contributed by atoms with Gasteiger partial charge in [0.15, 0.2) is 0 Å². The maximum atomic E-state index is 13.7. The molecule has 1 saturated heterocycles. The fourth-order valence-electron chi connectivity index (χ4n) is 4.20. The van der Waals surface area contributed by atoms with Gasteiger partial charge in [-0.15, -0.1) is 0 Å². The highest BCUT2D eigenvalue weighted by Crippen LogP contribution is 2.36. The van der Waals surface area contributed by atoms with Gasteiger partial charge < -0.3 is 10.2 Å². The summed E-state index contributed by atoms with van der Waals surface area (Å²) in [7, 11) is 0. The van der Waals surface area contributed by atoms with E-state index >= 15 is 0 Å². The summed E-state index contributed by atoms with van der Waals surface area (Å²) in [6.45, 7) is 2.90. The van der Waals surface area contributed by atoms with Crippen LogP contribution in [0.2, 0.25) is 0 Å². The molecule has 0 bridgehead atoms. The summed E-state index contributed by atoms with van der Waals surface area (Å²) in [5, 5.41) is 2.89. The van der Waals surface area contributed by atoms with E-state index in [1.54, 1.807) is 30.0 Å². The van der Waals surface area contributed by atoms with Crippen LogP contribution in [0.25, 0.3) is 0 Å². The van der Waals surface area contributed by atoms with Crippen LogP contribution in [0.15, 0.2) is 42.5 Å². The molecule has 1 aliphatic carbocycles. The Kier molecular flexibility index (Phi) is 5.84. The molecule has 1 saturated carbocycles. The summed E-state index contributed by atoms with van der Waals surface area (Å²) in [6, 6.07) is 11.1. The van der Waals surface area contributed by atoms with Crippen molar-refractivity contribution in [1.29, 1.82) is 0 Å². The van der Waals surface area contributed by atoms with Crippen LogP contribution in [-0.4, -0.2) is 29.8 Å². The van der Waals surface area contributed by atoms with E-state index in [0.29, 0.717) is 30.6 Å². The molecule has 0 spiro atoms. The van der Waals surface area contributed by atoms with Gasteiger partial charge in [-0.2, -0.15) is 0 Å². The maximum Gasteiger partial charge on any atom is 0.225 e. The van der Waals surface area contributed by atoms with Crippen LogP contribution in [0.5, 0.6) is 0 Å². The third kappa shape index (κ3) is 4.69. The minimum atomic E-state index is -0.356. The normalized spacial score (nSPS) is 21.4. The Balaban J connectivity index is 1.49. The highest BCUT2D eigenvalue weighted by atomic mass is 19.1. The van der Waals surface area contributed by atoms with E-state index in [4.69, 9.17) is 0 Å². The summed E-state index contributed by atoms with van der Waals surface area (Å²) in [6.07, 6.45) is 2.41. The minimum Gasteiger partial charge on any atom is -0.352 e. The minimum absolute atomic E-state index is 0.0225. The van der Waals surface area contributed by atoms with E-state index in [-0.39, 0.29) is 47.7 Å². The zero-order valence-corrected chi connectivity index (χ0v) is 17.0. The molecule has 2 aromatic carbocycles. The van der Waals surface area contributed by atoms with E-state index in [1.165, 1.54) is 18.2 Å². The molecular formula is C24H26F2N2O2. The first-order chi connectivity index (χ1) is 14.4. The lowest BCUT2D eigenvalue weighted by molar-refractivity contribution is -0.137. The highest BCUT2D eigenvalue weighted by Gasteiger charge is 2.39. The average Bonchev–Trinajstić information content (AvgIpc) is 3.58. The number of benzene rings is 2. The molecule has 6 heteroatoms. The van der Waals surface area contributed by atoms with Crippen LogP contribution in [0.3, 0.4) is 0 Å². The first-order valence-corrected chi connectivity index (χ1v) is 10.5. The van der Waals surface area contributed by atoms with Gasteiger partial charge in [0.1, 0.15) is 11.6 Å². The first-order valence-electron chi connectivity index (χ1n) is 10.5. The molecule has 1 aliphatic heterocycles. The van der Waals surface area contributed by atoms with E-state index < -0.39 is 0 Å². The molecule has 30 heavy (non-hydrogen) atoms. The first kappa shape index (κ1) is 20.5. The van der Waals surface area contributed by atoms with Gasteiger partial charge in [-0.3, -0.25) is 9.59 Å². The average molecular weight is 412 g/mol. The van der Waals surface area contributed by atoms with Crippen molar-refractivity contribution in [2.24, 2.45) is 11.8 Å². The fourth-order valence-corrected chi connectivity index (χ4v) is 4.20. The largest absolute Gasteiger partial charge is 0.352 e. The number of nitrogens with zero attached hydrogens (tertiary/aromatic N) is 1. The zero-order chi connectivity index (χ0) is 21.3. The van der Waals surface area contributed by atoms with Crippen molar-refractivity contribution in [3.05, 3.63) is 70.8 Å². The van der Waals surface area contributed by atoms with Crippen LogP contribution in [0, 0.1) is 30.4 Å². The number of carbonyl (C=O) groups is 2. The van der Waals surface area contributed by atoms with Crippen molar-refractivity contribution < 1.29 is 18.4 Å². The summed E-state index contributed by atoms with van der Waals surface area (Å²) >= 11 is 0. The molecule has 0 radical (unpaired) electrons. The SMILES string of the molecule is Cc1cc([C@H]2C[C@@H](C(=O)NCc3cccc(F)c3)CN(C(=O)C3CC3)C2)ccc1F. The molecule has 2 amide bonds. The number of hydrogen-bond donors (Lipinski definition) is 1. The van der Waals surface area contributed by atoms with Gasteiger partial charge in [0, 0.05) is 31.5 Å². The van der Waals surface area contributed by atoms with Gasteiger partial charge in [-0.25, -0.2) is 8.78 Å². The highest BCUT2D eigenvalue weighted by molar-refractivity contribution is 5.83. The van der Waals surface area contributed by atoms with Crippen molar-refractivity contribution in [2.75, 3.05) is 13.1 Å². The Morgan fingerprint density at radius 3 is 2.57 bits per heavy atom. The lowest BCUT2D eigenvalue weighted by atomic mass is 9.83. The van der Waals surface area contributed by atoms with Crippen molar-refractivity contribution in [3.63, 3.8) is 0 Å². The van der Waals surface area contributed by atoms with Gasteiger partial charge in [-0.05, 0) is 61.1 Å². The molecule has 1 heterocycles. The van der Waals surface area contributed by atoms with Crippen molar-refractivity contribution in [3.8, 4) is 0 Å². The fraction of sp³-hybridized carbons (Fsp3) is 0.417. The number of amides is 2. The van der Waals surface area contributed by atoms with Crippen LogP contribution in [-0.2, 0) is 16.1 Å². The van der Waals surface area contributed by atoms with Gasteiger partial charge in [0.25, 0.3) is 0 Å². The topological polar surface area (TPSA) is 49.4 Å².